The molecular formula is C20H38F3NO3. The maximum Gasteiger partial charge on any atom is 0.395 e. The molecule has 1 aliphatic rings. The number of piperidine rings is 1. The molecule has 4 nitrogen and oxygen atoms in total. The molecule has 27 heavy (non-hydrogen) atoms. The minimum absolute atomic E-state index is 0.000283. The maximum atomic E-state index is 10.8. The van der Waals surface area contributed by atoms with Crippen molar-refractivity contribution in [1.29, 1.82) is 0 Å². The number of halogens is 3. The number of aldehydes is 1. The molecule has 1 fully saturated rings. The lowest BCUT2D eigenvalue weighted by molar-refractivity contribution is -0.144. The molecule has 0 aromatic rings. The lowest BCUT2D eigenvalue weighted by atomic mass is 9.81. The molecule has 3 unspecified atom stereocenters. The van der Waals surface area contributed by atoms with Crippen molar-refractivity contribution in [3.8, 4) is 0 Å². The van der Waals surface area contributed by atoms with E-state index < -0.39 is 12.6 Å². The van der Waals surface area contributed by atoms with Gasteiger partial charge in [0, 0.05) is 12.6 Å². The molecule has 0 bridgehead atoms. The number of hydrogen-bond donors (Lipinski definition) is 0. The zero-order valence-corrected chi connectivity index (χ0v) is 18.1. The lowest BCUT2D eigenvalue weighted by Gasteiger charge is -2.43. The van der Waals surface area contributed by atoms with E-state index in [0.29, 0.717) is 23.8 Å². The Kier molecular flexibility index (Phi) is 13.7. The van der Waals surface area contributed by atoms with E-state index in [-0.39, 0.29) is 12.4 Å². The van der Waals surface area contributed by atoms with Crippen molar-refractivity contribution in [2.75, 3.05) is 13.6 Å². The summed E-state index contributed by atoms with van der Waals surface area (Å²) >= 11 is 0. The van der Waals surface area contributed by atoms with Gasteiger partial charge in [-0.2, -0.15) is 13.2 Å². The normalized spacial score (nSPS) is 24.5. The summed E-state index contributed by atoms with van der Waals surface area (Å²) < 4.78 is 37.5. The highest BCUT2D eigenvalue weighted by Gasteiger charge is 2.35. The summed E-state index contributed by atoms with van der Waals surface area (Å²) in [5.41, 5.74) is 0.500. The summed E-state index contributed by atoms with van der Waals surface area (Å²) in [4.78, 5) is 21.8. The summed E-state index contributed by atoms with van der Waals surface area (Å²) in [6.07, 6.45) is -3.34. The molecule has 1 heterocycles. The monoisotopic (exact) mass is 397 g/mol. The Morgan fingerprint density at radius 1 is 1.19 bits per heavy atom. The van der Waals surface area contributed by atoms with Crippen molar-refractivity contribution in [3.05, 3.63) is 0 Å². The number of rotatable bonds is 5. The van der Waals surface area contributed by atoms with Crippen molar-refractivity contribution in [1.82, 2.24) is 4.90 Å². The minimum Gasteiger partial charge on any atom is -0.463 e. The first-order valence-electron chi connectivity index (χ1n) is 9.45. The molecule has 1 saturated heterocycles. The average molecular weight is 398 g/mol. The van der Waals surface area contributed by atoms with Gasteiger partial charge in [0.05, 0.1) is 6.42 Å². The topological polar surface area (TPSA) is 46.6 Å². The summed E-state index contributed by atoms with van der Waals surface area (Å²) in [5.74, 6) is 1.40. The van der Waals surface area contributed by atoms with E-state index in [1.807, 2.05) is 6.92 Å². The first kappa shape index (κ1) is 28.1. The number of likely N-dealkylation sites (N-methyl/N-ethyl adjacent to an activating group) is 1. The Bertz CT molecular complexity index is 390. The summed E-state index contributed by atoms with van der Waals surface area (Å²) in [6.45, 7) is 16.9. The molecule has 0 aliphatic carbocycles. The van der Waals surface area contributed by atoms with Gasteiger partial charge in [-0.1, -0.05) is 48.0 Å². The first-order valence-corrected chi connectivity index (χ1v) is 9.45. The number of carbonyl (C=O) groups is 2. The molecular weight excluding hydrogens is 359 g/mol. The van der Waals surface area contributed by atoms with Crippen LogP contribution >= 0.6 is 0 Å². The predicted molar refractivity (Wildman–Crippen MR) is 102 cm³/mol. The molecule has 0 aromatic carbocycles. The van der Waals surface area contributed by atoms with Crippen molar-refractivity contribution in [2.45, 2.75) is 86.1 Å². The van der Waals surface area contributed by atoms with E-state index in [4.69, 9.17) is 9.53 Å². The van der Waals surface area contributed by atoms with Gasteiger partial charge in [-0.3, -0.25) is 9.69 Å². The molecule has 162 valence electrons. The van der Waals surface area contributed by atoms with Crippen LogP contribution in [-0.4, -0.2) is 49.6 Å². The fourth-order valence-corrected chi connectivity index (χ4v) is 3.08. The zero-order valence-electron chi connectivity index (χ0n) is 18.1. The number of hydrogen-bond acceptors (Lipinski definition) is 4. The second-order valence-corrected chi connectivity index (χ2v) is 8.84. The third kappa shape index (κ3) is 16.8. The molecule has 1 rings (SSSR count). The molecule has 4 atom stereocenters. The van der Waals surface area contributed by atoms with Crippen molar-refractivity contribution >= 4 is 12.8 Å². The van der Waals surface area contributed by atoms with Crippen LogP contribution in [0.25, 0.3) is 0 Å². The van der Waals surface area contributed by atoms with Crippen LogP contribution in [-0.2, 0) is 14.3 Å². The summed E-state index contributed by atoms with van der Waals surface area (Å²) in [5, 5.41) is 0. The maximum absolute atomic E-state index is 10.8. The third-order valence-corrected chi connectivity index (χ3v) is 3.99. The van der Waals surface area contributed by atoms with Gasteiger partial charge < -0.3 is 9.53 Å². The van der Waals surface area contributed by atoms with Gasteiger partial charge in [0.15, 0.2) is 0 Å². The molecule has 0 saturated carbocycles. The smallest absolute Gasteiger partial charge is 0.395 e. The third-order valence-electron chi connectivity index (χ3n) is 3.99. The number of ether oxygens (including phenoxy) is 1. The van der Waals surface area contributed by atoms with Gasteiger partial charge in [-0.15, -0.1) is 0 Å². The van der Waals surface area contributed by atoms with Crippen LogP contribution in [0.3, 0.4) is 0 Å². The van der Waals surface area contributed by atoms with Gasteiger partial charge in [-0.25, -0.2) is 0 Å². The lowest BCUT2D eigenvalue weighted by Crippen LogP contribution is -2.51. The highest BCUT2D eigenvalue weighted by molar-refractivity contribution is 5.50. The standard InChI is InChI=1S/C12H23NO2.C5H12.C3H3F3O/c1-5-11-6-9(2)12(13(4)7-11)10(3)15-8-14;1-5(2,3)4;4-3(5,6)1-2-7/h8-12H,5-7H2,1-4H3;1-4H3;2H,1H2/t9-,10?,11?,12?;;/m1../s1. The minimum atomic E-state index is -4.32. The molecule has 0 amide bonds. The molecule has 0 radical (unpaired) electrons. The Morgan fingerprint density at radius 2 is 1.67 bits per heavy atom. The molecule has 7 heteroatoms. The zero-order chi connectivity index (χ0) is 21.8. The van der Waals surface area contributed by atoms with Gasteiger partial charge in [0.25, 0.3) is 6.47 Å². The van der Waals surface area contributed by atoms with Crippen molar-refractivity contribution < 1.29 is 27.5 Å². The fourth-order valence-electron chi connectivity index (χ4n) is 3.08. The van der Waals surface area contributed by atoms with E-state index in [1.165, 1.54) is 12.8 Å². The quantitative estimate of drug-likeness (QED) is 0.605. The molecule has 0 aromatic heterocycles. The average Bonchev–Trinajstić information content (AvgIpc) is 2.44. The largest absolute Gasteiger partial charge is 0.463 e. The van der Waals surface area contributed by atoms with E-state index in [0.717, 1.165) is 12.5 Å². The van der Waals surface area contributed by atoms with Gasteiger partial charge in [0.1, 0.15) is 12.4 Å². The SMILES string of the molecule is CC(C)(C)C.CCC1C[C@@H](C)C(C(C)OC=O)N(C)C1.O=CCC(F)(F)F. The van der Waals surface area contributed by atoms with E-state index in [9.17, 15) is 18.0 Å². The Labute approximate surface area is 162 Å². The van der Waals surface area contributed by atoms with Gasteiger partial charge in [-0.05, 0) is 37.6 Å². The van der Waals surface area contributed by atoms with Crippen LogP contribution < -0.4 is 0 Å². The number of carbonyl (C=O) groups excluding carboxylic acids is 2. The van der Waals surface area contributed by atoms with Crippen LogP contribution in [0.2, 0.25) is 0 Å². The Hall–Kier alpha value is -1.11. The predicted octanol–water partition coefficient (Wildman–Crippen LogP) is 5.10. The molecule has 0 spiro atoms. The first-order chi connectivity index (χ1) is 12.2. The second-order valence-electron chi connectivity index (χ2n) is 8.84. The fraction of sp³-hybridized carbons (Fsp3) is 0.900. The molecule has 0 N–H and O–H groups in total. The van der Waals surface area contributed by atoms with Gasteiger partial charge in [0.2, 0.25) is 0 Å². The van der Waals surface area contributed by atoms with Crippen LogP contribution in [0.15, 0.2) is 0 Å². The Morgan fingerprint density at radius 3 is 1.93 bits per heavy atom. The van der Waals surface area contributed by atoms with Crippen molar-refractivity contribution in [3.63, 3.8) is 0 Å². The van der Waals surface area contributed by atoms with Crippen LogP contribution in [0.5, 0.6) is 0 Å². The van der Waals surface area contributed by atoms with Gasteiger partial charge >= 0.3 is 6.18 Å². The number of likely N-dealkylation sites (tertiary alicyclic amines) is 1. The number of nitrogens with zero attached hydrogens (tertiary/aromatic N) is 1. The second kappa shape index (κ2) is 13.1. The van der Waals surface area contributed by atoms with Crippen molar-refractivity contribution in [2.24, 2.45) is 17.3 Å². The van der Waals surface area contributed by atoms with Crippen LogP contribution in [0.1, 0.15) is 67.7 Å². The summed E-state index contributed by atoms with van der Waals surface area (Å²) in [7, 11) is 2.13. The Balaban J connectivity index is 0. The van der Waals surface area contributed by atoms with E-state index in [2.05, 4.69) is 53.5 Å². The van der Waals surface area contributed by atoms with Crippen LogP contribution in [0.4, 0.5) is 13.2 Å². The number of alkyl halides is 3. The van der Waals surface area contributed by atoms with Crippen LogP contribution in [0, 0.1) is 17.3 Å². The molecule has 1 aliphatic heterocycles. The summed E-state index contributed by atoms with van der Waals surface area (Å²) in [6, 6.07) is 0.373. The van der Waals surface area contributed by atoms with E-state index in [1.54, 1.807) is 0 Å². The van der Waals surface area contributed by atoms with E-state index >= 15 is 0 Å². The highest BCUT2D eigenvalue weighted by Crippen LogP contribution is 2.30. The highest BCUT2D eigenvalue weighted by atomic mass is 19.4.